The van der Waals surface area contributed by atoms with E-state index in [9.17, 15) is 13.2 Å². The Morgan fingerprint density at radius 1 is 1.40 bits per heavy atom. The summed E-state index contributed by atoms with van der Waals surface area (Å²) in [4.78, 5) is 11.1. The molecule has 0 aromatic heterocycles. The number of amides is 1. The van der Waals surface area contributed by atoms with Crippen molar-refractivity contribution < 1.29 is 17.8 Å². The number of carbonyl (C=O) groups excluding carboxylic acids is 1. The van der Waals surface area contributed by atoms with Gasteiger partial charge >= 0.3 is 0 Å². The van der Waals surface area contributed by atoms with Gasteiger partial charge in [-0.15, -0.1) is 0 Å². The number of nitrogens with one attached hydrogen (secondary N) is 1. The van der Waals surface area contributed by atoms with Gasteiger partial charge in [-0.05, 0) is 30.7 Å². The van der Waals surface area contributed by atoms with Crippen LogP contribution in [0.25, 0.3) is 0 Å². The van der Waals surface area contributed by atoms with Crippen molar-refractivity contribution >= 4 is 21.7 Å². The maximum absolute atomic E-state index is 11.3. The Kier molecular flexibility index (Phi) is 2.06. The van der Waals surface area contributed by atoms with Crippen LogP contribution in [0.2, 0.25) is 0 Å². The van der Waals surface area contributed by atoms with E-state index in [0.717, 1.165) is 0 Å². The van der Waals surface area contributed by atoms with E-state index in [1.54, 1.807) is 6.92 Å². The summed E-state index contributed by atoms with van der Waals surface area (Å²) in [5.74, 6) is -0.556. The van der Waals surface area contributed by atoms with Crippen molar-refractivity contribution in [1.29, 1.82) is 0 Å². The average Bonchev–Trinajstić information content (AvgIpc) is 2.41. The van der Waals surface area contributed by atoms with Crippen molar-refractivity contribution in [3.63, 3.8) is 0 Å². The molecule has 80 valence electrons. The largest absolute Gasteiger partial charge is 0.325 e. The van der Waals surface area contributed by atoms with Crippen LogP contribution in [0, 0.1) is 0 Å². The summed E-state index contributed by atoms with van der Waals surface area (Å²) in [6, 6.07) is 4.04. The van der Waals surface area contributed by atoms with Gasteiger partial charge in [-0.3, -0.25) is 9.35 Å². The zero-order valence-electron chi connectivity index (χ0n) is 7.89. The van der Waals surface area contributed by atoms with Crippen molar-refractivity contribution in [3.05, 3.63) is 23.8 Å². The van der Waals surface area contributed by atoms with Gasteiger partial charge in [0.1, 0.15) is 0 Å². The molecule has 0 saturated heterocycles. The second-order valence-electron chi connectivity index (χ2n) is 3.44. The topological polar surface area (TPSA) is 83.5 Å². The van der Waals surface area contributed by atoms with Gasteiger partial charge in [0.25, 0.3) is 10.1 Å². The maximum atomic E-state index is 11.3. The molecule has 6 heteroatoms. The molecule has 1 amide bonds. The van der Waals surface area contributed by atoms with Crippen molar-refractivity contribution in [2.24, 2.45) is 0 Å². The molecule has 1 heterocycles. The molecule has 15 heavy (non-hydrogen) atoms. The minimum atomic E-state index is -4.20. The van der Waals surface area contributed by atoms with Gasteiger partial charge in [0.15, 0.2) is 0 Å². The van der Waals surface area contributed by atoms with E-state index >= 15 is 0 Å². The standard InChI is InChI=1S/C9H9NO4S/c1-5-7-4-6(15(12,13)14)2-3-8(7)10-9(5)11/h2-5H,1H3,(H,10,11)(H,12,13,14). The molecule has 0 saturated carbocycles. The first-order valence-corrected chi connectivity index (χ1v) is 5.76. The first-order valence-electron chi connectivity index (χ1n) is 4.32. The smallest absolute Gasteiger partial charge is 0.294 e. The normalized spacial score (nSPS) is 19.9. The van der Waals surface area contributed by atoms with E-state index in [1.807, 2.05) is 0 Å². The van der Waals surface area contributed by atoms with Crippen molar-refractivity contribution in [2.45, 2.75) is 17.7 Å². The van der Waals surface area contributed by atoms with E-state index in [-0.39, 0.29) is 16.7 Å². The molecule has 1 unspecified atom stereocenters. The quantitative estimate of drug-likeness (QED) is 0.701. The first kappa shape index (κ1) is 10.1. The van der Waals surface area contributed by atoms with Gasteiger partial charge in [0.05, 0.1) is 10.8 Å². The fourth-order valence-electron chi connectivity index (χ4n) is 1.56. The van der Waals surface area contributed by atoms with Crippen LogP contribution in [0.15, 0.2) is 23.1 Å². The second-order valence-corrected chi connectivity index (χ2v) is 4.86. The Labute approximate surface area is 86.9 Å². The summed E-state index contributed by atoms with van der Waals surface area (Å²) >= 11 is 0. The van der Waals surface area contributed by atoms with Gasteiger partial charge in [0, 0.05) is 5.69 Å². The number of hydrogen-bond acceptors (Lipinski definition) is 3. The summed E-state index contributed by atoms with van der Waals surface area (Å²) in [6.45, 7) is 1.68. The Hall–Kier alpha value is -1.40. The van der Waals surface area contributed by atoms with Gasteiger partial charge in [-0.1, -0.05) is 0 Å². The predicted octanol–water partition coefficient (Wildman–Crippen LogP) is 0.989. The molecule has 2 rings (SSSR count). The van der Waals surface area contributed by atoms with Crippen molar-refractivity contribution in [2.75, 3.05) is 5.32 Å². The number of hydrogen-bond donors (Lipinski definition) is 2. The van der Waals surface area contributed by atoms with E-state index in [1.165, 1.54) is 18.2 Å². The number of anilines is 1. The summed E-state index contributed by atoms with van der Waals surface area (Å²) in [7, 11) is -4.20. The van der Waals surface area contributed by atoms with E-state index in [0.29, 0.717) is 11.3 Å². The monoisotopic (exact) mass is 227 g/mol. The van der Waals surface area contributed by atoms with Crippen LogP contribution in [-0.2, 0) is 14.9 Å². The van der Waals surface area contributed by atoms with Crippen LogP contribution in [0.1, 0.15) is 18.4 Å². The van der Waals surface area contributed by atoms with Crippen LogP contribution < -0.4 is 5.32 Å². The summed E-state index contributed by atoms with van der Waals surface area (Å²) < 4.78 is 30.6. The minimum absolute atomic E-state index is 0.169. The molecule has 1 aliphatic rings. The van der Waals surface area contributed by atoms with Crippen LogP contribution in [-0.4, -0.2) is 18.9 Å². The highest BCUT2D eigenvalue weighted by atomic mass is 32.2. The molecule has 0 radical (unpaired) electrons. The highest BCUT2D eigenvalue weighted by Gasteiger charge is 2.27. The van der Waals surface area contributed by atoms with Gasteiger partial charge in [0.2, 0.25) is 5.91 Å². The minimum Gasteiger partial charge on any atom is -0.325 e. The van der Waals surface area contributed by atoms with Gasteiger partial charge in [-0.25, -0.2) is 0 Å². The molecule has 2 N–H and O–H groups in total. The Morgan fingerprint density at radius 3 is 2.67 bits per heavy atom. The number of benzene rings is 1. The lowest BCUT2D eigenvalue weighted by Crippen LogP contribution is -2.08. The van der Waals surface area contributed by atoms with Crippen molar-refractivity contribution in [1.82, 2.24) is 0 Å². The van der Waals surface area contributed by atoms with E-state index in [4.69, 9.17) is 4.55 Å². The Bertz CT molecular complexity index is 535. The van der Waals surface area contributed by atoms with Crippen LogP contribution in [0.3, 0.4) is 0 Å². The highest BCUT2D eigenvalue weighted by Crippen LogP contribution is 2.33. The molecule has 1 aliphatic heterocycles. The third-order valence-electron chi connectivity index (χ3n) is 2.44. The lowest BCUT2D eigenvalue weighted by molar-refractivity contribution is -0.116. The fraction of sp³-hybridized carbons (Fsp3) is 0.222. The predicted molar refractivity (Wildman–Crippen MR) is 53.3 cm³/mol. The molecule has 1 aromatic carbocycles. The van der Waals surface area contributed by atoms with Crippen LogP contribution in [0.4, 0.5) is 5.69 Å². The molecule has 0 bridgehead atoms. The first-order chi connectivity index (χ1) is 6.89. The summed E-state index contributed by atoms with van der Waals surface area (Å²) in [5.41, 5.74) is 1.19. The van der Waals surface area contributed by atoms with Crippen LogP contribution >= 0.6 is 0 Å². The van der Waals surface area contributed by atoms with E-state index in [2.05, 4.69) is 5.32 Å². The number of carbonyl (C=O) groups is 1. The summed E-state index contributed by atoms with van der Waals surface area (Å²) in [6.07, 6.45) is 0. The Balaban J connectivity index is 2.58. The fourth-order valence-corrected chi connectivity index (χ4v) is 2.07. The molecule has 1 aromatic rings. The molecular formula is C9H9NO4S. The molecular weight excluding hydrogens is 218 g/mol. The molecule has 5 nitrogen and oxygen atoms in total. The number of rotatable bonds is 1. The second kappa shape index (κ2) is 3.04. The van der Waals surface area contributed by atoms with Crippen molar-refractivity contribution in [3.8, 4) is 0 Å². The third kappa shape index (κ3) is 1.62. The van der Waals surface area contributed by atoms with Gasteiger partial charge in [-0.2, -0.15) is 8.42 Å². The summed E-state index contributed by atoms with van der Waals surface area (Å²) in [5, 5.41) is 2.61. The van der Waals surface area contributed by atoms with E-state index < -0.39 is 10.1 Å². The molecule has 0 fully saturated rings. The average molecular weight is 227 g/mol. The maximum Gasteiger partial charge on any atom is 0.294 e. The van der Waals surface area contributed by atoms with Gasteiger partial charge < -0.3 is 5.32 Å². The van der Waals surface area contributed by atoms with Crippen LogP contribution in [0.5, 0.6) is 0 Å². The Morgan fingerprint density at radius 2 is 2.07 bits per heavy atom. The lowest BCUT2D eigenvalue weighted by atomic mass is 10.0. The molecule has 0 aliphatic carbocycles. The number of fused-ring (bicyclic) bond motifs is 1. The third-order valence-corrected chi connectivity index (χ3v) is 3.29. The highest BCUT2D eigenvalue weighted by molar-refractivity contribution is 7.85. The SMILES string of the molecule is CC1C(=O)Nc2ccc(S(=O)(=O)O)cc21. The zero-order valence-corrected chi connectivity index (χ0v) is 8.71. The lowest BCUT2D eigenvalue weighted by Gasteiger charge is -2.02. The molecule has 0 spiro atoms. The zero-order chi connectivity index (χ0) is 11.2. The molecule has 1 atom stereocenters.